The summed E-state index contributed by atoms with van der Waals surface area (Å²) >= 11 is 4.74. The molecule has 2 rings (SSSR count). The summed E-state index contributed by atoms with van der Waals surface area (Å²) in [4.78, 5) is 0. The van der Waals surface area contributed by atoms with Crippen molar-refractivity contribution < 1.29 is 9.47 Å². The van der Waals surface area contributed by atoms with Gasteiger partial charge in [0.2, 0.25) is 0 Å². The standard InChI is InChI=1S/C12H12.C3H8.2HI.V/c1-2-10-7-5-8-11-6-3-4-9-12(10)11;1-3-2;;;/h3-9H,2H2,1H3;3H2,1-2H3;2*1H;/q;;;;+2/p-2. The van der Waals surface area contributed by atoms with Crippen LogP contribution in [-0.4, -0.2) is 0 Å². The molecule has 0 nitrogen and oxygen atoms in total. The van der Waals surface area contributed by atoms with Crippen LogP contribution in [-0.2, 0) is 15.9 Å². The monoisotopic (exact) mass is 505 g/mol. The van der Waals surface area contributed by atoms with E-state index in [1.807, 2.05) is 0 Å². The second kappa shape index (κ2) is 12.8. The molecule has 0 aliphatic rings. The van der Waals surface area contributed by atoms with Crippen LogP contribution in [0.1, 0.15) is 32.8 Å². The van der Waals surface area contributed by atoms with Crippen molar-refractivity contribution in [1.82, 2.24) is 0 Å². The summed E-state index contributed by atoms with van der Waals surface area (Å²) in [7, 11) is 0.628. The van der Waals surface area contributed by atoms with Crippen LogP contribution in [0.2, 0.25) is 0 Å². The molecule has 2 aromatic rings. The summed E-state index contributed by atoms with van der Waals surface area (Å²) in [5.74, 6) is 0. The molecule has 18 heavy (non-hydrogen) atoms. The fraction of sp³-hybridized carbons (Fsp3) is 0.333. The fourth-order valence-corrected chi connectivity index (χ4v) is 1.60. The Morgan fingerprint density at radius 1 is 0.889 bits per heavy atom. The molecule has 0 N–H and O–H groups in total. The van der Waals surface area contributed by atoms with Crippen LogP contribution in [0.5, 0.6) is 0 Å². The number of halogens is 2. The molecule has 0 spiro atoms. The zero-order valence-corrected chi connectivity index (χ0v) is 16.9. The third-order valence-corrected chi connectivity index (χ3v) is 2.26. The summed E-state index contributed by atoms with van der Waals surface area (Å²) in [6, 6.07) is 15.0. The molecule has 0 radical (unpaired) electrons. The molecule has 2 aromatic carbocycles. The molecular formula is C15H20I2V. The molecule has 0 bridgehead atoms. The molecular weight excluding hydrogens is 485 g/mol. The number of aryl methyl sites for hydroxylation is 1. The van der Waals surface area contributed by atoms with E-state index in [0.29, 0.717) is 9.47 Å². The van der Waals surface area contributed by atoms with Gasteiger partial charge in [0.05, 0.1) is 0 Å². The van der Waals surface area contributed by atoms with Crippen molar-refractivity contribution >= 4 is 50.7 Å². The Labute approximate surface area is 140 Å². The quantitative estimate of drug-likeness (QED) is 0.384. The average Bonchev–Trinajstić information content (AvgIpc) is 2.40. The van der Waals surface area contributed by atoms with Gasteiger partial charge in [-0.25, -0.2) is 0 Å². The normalized spacial score (nSPS) is 8.72. The summed E-state index contributed by atoms with van der Waals surface area (Å²) < 4.78 is 0. The third-order valence-electron chi connectivity index (χ3n) is 2.26. The van der Waals surface area contributed by atoms with Gasteiger partial charge in [0.25, 0.3) is 0 Å². The fourth-order valence-electron chi connectivity index (χ4n) is 1.60. The minimum absolute atomic E-state index is 0.628. The van der Waals surface area contributed by atoms with E-state index in [0.717, 1.165) is 6.42 Å². The Balaban J connectivity index is 0.000000414. The van der Waals surface area contributed by atoms with Gasteiger partial charge in [-0.2, -0.15) is 0 Å². The Hall–Kier alpha value is 0.744. The second-order valence-corrected chi connectivity index (χ2v) is 15.6. The number of benzene rings is 2. The minimum atomic E-state index is 0.628. The molecule has 0 aliphatic heterocycles. The van der Waals surface area contributed by atoms with Gasteiger partial charge in [0.1, 0.15) is 0 Å². The van der Waals surface area contributed by atoms with E-state index in [4.69, 9.17) is 0 Å². The Kier molecular flexibility index (Phi) is 13.3. The van der Waals surface area contributed by atoms with Gasteiger partial charge >= 0.3 is 49.4 Å². The van der Waals surface area contributed by atoms with Gasteiger partial charge in [0, 0.05) is 0 Å². The molecule has 0 amide bonds. The first-order chi connectivity index (χ1) is 8.74. The number of hydrogen-bond acceptors (Lipinski definition) is 0. The zero-order chi connectivity index (χ0) is 13.8. The summed E-state index contributed by atoms with van der Waals surface area (Å²) in [5.41, 5.74) is 1.44. The molecule has 0 unspecified atom stereocenters. The molecule has 0 saturated carbocycles. The van der Waals surface area contributed by atoms with Gasteiger partial charge in [0.15, 0.2) is 0 Å². The summed E-state index contributed by atoms with van der Waals surface area (Å²) in [6.07, 6.45) is 2.36. The predicted molar refractivity (Wildman–Crippen MR) is 97.3 cm³/mol. The maximum absolute atomic E-state index is 2.37. The van der Waals surface area contributed by atoms with Crippen molar-refractivity contribution in [1.29, 1.82) is 0 Å². The van der Waals surface area contributed by atoms with E-state index >= 15 is 0 Å². The van der Waals surface area contributed by atoms with Crippen LogP contribution in [0, 0.1) is 0 Å². The van der Waals surface area contributed by atoms with Crippen LogP contribution >= 0.6 is 40.0 Å². The number of hydrogen-bond donors (Lipinski definition) is 0. The Morgan fingerprint density at radius 2 is 1.39 bits per heavy atom. The number of fused-ring (bicyclic) bond motifs is 1. The van der Waals surface area contributed by atoms with E-state index in [1.165, 1.54) is 22.8 Å². The SMILES string of the molecule is CCC.CCc1cccc2ccccc12.[I][V][I]. The molecule has 0 saturated heterocycles. The molecule has 99 valence electrons. The molecule has 0 heterocycles. The van der Waals surface area contributed by atoms with Gasteiger partial charge in [-0.05, 0) is 22.8 Å². The molecule has 3 heteroatoms. The van der Waals surface area contributed by atoms with Crippen molar-refractivity contribution in [3.8, 4) is 0 Å². The first-order valence-electron chi connectivity index (χ1n) is 6.13. The van der Waals surface area contributed by atoms with Gasteiger partial charge < -0.3 is 0 Å². The van der Waals surface area contributed by atoms with Crippen molar-refractivity contribution in [2.24, 2.45) is 0 Å². The second-order valence-electron chi connectivity index (χ2n) is 3.76. The first-order valence-corrected chi connectivity index (χ1v) is 15.1. The summed E-state index contributed by atoms with van der Waals surface area (Å²) in [5, 5.41) is 2.74. The summed E-state index contributed by atoms with van der Waals surface area (Å²) in [6.45, 7) is 6.45. The van der Waals surface area contributed by atoms with Crippen LogP contribution in [0.25, 0.3) is 10.8 Å². The van der Waals surface area contributed by atoms with Crippen molar-refractivity contribution in [2.75, 3.05) is 0 Å². The van der Waals surface area contributed by atoms with Gasteiger partial charge in [-0.1, -0.05) is 69.7 Å². The van der Waals surface area contributed by atoms with Crippen LogP contribution in [0.15, 0.2) is 42.5 Å². The van der Waals surface area contributed by atoms with Gasteiger partial charge in [-0.3, -0.25) is 0 Å². The first kappa shape index (κ1) is 18.7. The van der Waals surface area contributed by atoms with Crippen LogP contribution in [0.4, 0.5) is 0 Å². The third kappa shape index (κ3) is 7.36. The van der Waals surface area contributed by atoms with E-state index in [9.17, 15) is 0 Å². The van der Waals surface area contributed by atoms with E-state index < -0.39 is 0 Å². The van der Waals surface area contributed by atoms with Crippen LogP contribution < -0.4 is 0 Å². The Bertz CT molecular complexity index is 422. The molecule has 0 aliphatic carbocycles. The number of rotatable bonds is 1. The molecule has 0 aromatic heterocycles. The van der Waals surface area contributed by atoms with Crippen molar-refractivity contribution in [2.45, 2.75) is 33.6 Å². The zero-order valence-electron chi connectivity index (χ0n) is 11.2. The molecule has 0 atom stereocenters. The van der Waals surface area contributed by atoms with Crippen LogP contribution in [0.3, 0.4) is 0 Å². The molecule has 0 fully saturated rings. The Morgan fingerprint density at radius 3 is 1.94 bits per heavy atom. The van der Waals surface area contributed by atoms with E-state index in [1.54, 1.807) is 0 Å². The topological polar surface area (TPSA) is 0 Å². The van der Waals surface area contributed by atoms with Crippen molar-refractivity contribution in [3.05, 3.63) is 48.0 Å². The van der Waals surface area contributed by atoms with E-state index in [-0.39, 0.29) is 0 Å². The predicted octanol–water partition coefficient (Wildman–Crippen LogP) is 6.59. The van der Waals surface area contributed by atoms with E-state index in [2.05, 4.69) is 103 Å². The van der Waals surface area contributed by atoms with Crippen molar-refractivity contribution in [3.63, 3.8) is 0 Å². The van der Waals surface area contributed by atoms with Gasteiger partial charge in [-0.15, -0.1) is 0 Å². The maximum atomic E-state index is 2.37. The average molecular weight is 505 g/mol.